The second-order valence-electron chi connectivity index (χ2n) is 5.90. The van der Waals surface area contributed by atoms with Gasteiger partial charge in [-0.1, -0.05) is 49.4 Å². The molecule has 0 amide bonds. The van der Waals surface area contributed by atoms with Crippen molar-refractivity contribution in [2.75, 3.05) is 6.61 Å². The topological polar surface area (TPSA) is 53.1 Å². The minimum absolute atomic E-state index is 0.481. The van der Waals surface area contributed by atoms with E-state index in [0.717, 1.165) is 36.4 Å². The summed E-state index contributed by atoms with van der Waals surface area (Å²) in [7, 11) is 0. The van der Waals surface area contributed by atoms with Crippen LogP contribution in [0.5, 0.6) is 5.75 Å². The Morgan fingerprint density at radius 1 is 1.12 bits per heavy atom. The highest BCUT2D eigenvalue weighted by Gasteiger charge is 2.10. The monoisotopic (exact) mass is 334 g/mol. The highest BCUT2D eigenvalue weighted by molar-refractivity contribution is 5.61. The first-order chi connectivity index (χ1) is 12.3. The third-order valence-electron chi connectivity index (χ3n) is 4.18. The molecule has 2 N–H and O–H groups in total. The van der Waals surface area contributed by atoms with E-state index >= 15 is 0 Å². The zero-order valence-corrected chi connectivity index (χ0v) is 14.6. The molecule has 3 aromatic rings. The van der Waals surface area contributed by atoms with Gasteiger partial charge in [0.2, 0.25) is 0 Å². The van der Waals surface area contributed by atoms with Crippen LogP contribution in [0.15, 0.2) is 54.9 Å². The van der Waals surface area contributed by atoms with Crippen molar-refractivity contribution in [3.8, 4) is 17.0 Å². The van der Waals surface area contributed by atoms with Crippen LogP contribution in [0.2, 0.25) is 0 Å². The van der Waals surface area contributed by atoms with Crippen molar-refractivity contribution in [2.24, 2.45) is 5.73 Å². The van der Waals surface area contributed by atoms with E-state index < -0.39 is 0 Å². The molecule has 1 heterocycles. The summed E-state index contributed by atoms with van der Waals surface area (Å²) in [5, 5.41) is 0. The van der Waals surface area contributed by atoms with Crippen LogP contribution in [0.25, 0.3) is 11.3 Å². The minimum atomic E-state index is 0.481. The maximum Gasteiger partial charge on any atom is 0.127 e. The highest BCUT2D eigenvalue weighted by atomic mass is 16.5. The van der Waals surface area contributed by atoms with E-state index in [-0.39, 0.29) is 0 Å². The van der Waals surface area contributed by atoms with Crippen molar-refractivity contribution in [3.63, 3.8) is 0 Å². The zero-order valence-electron chi connectivity index (χ0n) is 14.6. The Kier molecular flexibility index (Phi) is 5.86. The van der Waals surface area contributed by atoms with Crippen LogP contribution in [0.3, 0.4) is 0 Å². The average Bonchev–Trinajstić information content (AvgIpc) is 3.09. The lowest BCUT2D eigenvalue weighted by molar-refractivity contribution is 0.300. The Morgan fingerprint density at radius 3 is 2.72 bits per heavy atom. The first-order valence-electron chi connectivity index (χ1n) is 8.75. The summed E-state index contributed by atoms with van der Waals surface area (Å²) in [6.45, 7) is 4.18. The Morgan fingerprint density at radius 2 is 1.96 bits per heavy atom. The van der Waals surface area contributed by atoms with E-state index in [9.17, 15) is 0 Å². The molecule has 0 spiro atoms. The molecular weight excluding hydrogens is 310 g/mol. The fourth-order valence-electron chi connectivity index (χ4n) is 2.92. The van der Waals surface area contributed by atoms with Crippen molar-refractivity contribution in [3.05, 3.63) is 72.2 Å². The van der Waals surface area contributed by atoms with Gasteiger partial charge in [0.1, 0.15) is 5.75 Å². The Labute approximate surface area is 149 Å². The van der Waals surface area contributed by atoms with Gasteiger partial charge in [0.15, 0.2) is 0 Å². The minimum Gasteiger partial charge on any atom is -0.493 e. The second kappa shape index (κ2) is 8.49. The SMILES string of the molecule is CCc1c(-c2ccccc2)ncn1CCCOc1[c]c(CN)ccc1. The maximum absolute atomic E-state index is 5.79. The Hall–Kier alpha value is -2.59. The van der Waals surface area contributed by atoms with E-state index in [1.807, 2.05) is 42.7 Å². The molecule has 4 heteroatoms. The van der Waals surface area contributed by atoms with Gasteiger partial charge >= 0.3 is 0 Å². The number of hydrogen-bond donors (Lipinski definition) is 1. The molecule has 0 atom stereocenters. The lowest BCUT2D eigenvalue weighted by Crippen LogP contribution is -2.07. The maximum atomic E-state index is 5.79. The Balaban J connectivity index is 1.59. The second-order valence-corrected chi connectivity index (χ2v) is 5.90. The third-order valence-corrected chi connectivity index (χ3v) is 4.18. The summed E-state index contributed by atoms with van der Waals surface area (Å²) in [5.74, 6) is 0.759. The summed E-state index contributed by atoms with van der Waals surface area (Å²) >= 11 is 0. The summed E-state index contributed by atoms with van der Waals surface area (Å²) in [6.07, 6.45) is 3.80. The van der Waals surface area contributed by atoms with E-state index in [1.54, 1.807) is 0 Å². The molecule has 129 valence electrons. The molecule has 0 aliphatic carbocycles. The van der Waals surface area contributed by atoms with Gasteiger partial charge in [-0.3, -0.25) is 0 Å². The van der Waals surface area contributed by atoms with E-state index in [1.165, 1.54) is 11.3 Å². The van der Waals surface area contributed by atoms with E-state index in [4.69, 9.17) is 10.5 Å². The average molecular weight is 334 g/mol. The van der Waals surface area contributed by atoms with Crippen LogP contribution in [-0.2, 0) is 19.5 Å². The van der Waals surface area contributed by atoms with Gasteiger partial charge in [-0.05, 0) is 24.5 Å². The standard InChI is InChI=1S/C21H24N3O/c1-2-20-21(18-9-4-3-5-10-18)23-16-24(20)12-7-13-25-19-11-6-8-17(14-19)15-22/h3-6,8-11,16H,2,7,12-13,15,22H2,1H3. The van der Waals surface area contributed by atoms with Gasteiger partial charge in [-0.15, -0.1) is 0 Å². The number of nitrogens with two attached hydrogens (primary N) is 1. The number of hydrogen-bond acceptors (Lipinski definition) is 3. The van der Waals surface area contributed by atoms with Crippen LogP contribution < -0.4 is 10.5 Å². The molecule has 0 aliphatic rings. The Bertz CT molecular complexity index is 796. The van der Waals surface area contributed by atoms with Gasteiger partial charge in [0.25, 0.3) is 0 Å². The summed E-state index contributed by atoms with van der Waals surface area (Å²) < 4.78 is 8.02. The molecule has 25 heavy (non-hydrogen) atoms. The lowest BCUT2D eigenvalue weighted by atomic mass is 10.1. The number of benzene rings is 2. The number of ether oxygens (including phenoxy) is 1. The van der Waals surface area contributed by atoms with Gasteiger partial charge in [0.05, 0.1) is 18.6 Å². The number of rotatable bonds is 8. The first-order valence-corrected chi connectivity index (χ1v) is 8.75. The molecule has 0 aliphatic heterocycles. The predicted octanol–water partition coefficient (Wildman–Crippen LogP) is 3.84. The molecular formula is C21H24N3O. The van der Waals surface area contributed by atoms with Crippen molar-refractivity contribution in [1.82, 2.24) is 9.55 Å². The lowest BCUT2D eigenvalue weighted by Gasteiger charge is -2.10. The van der Waals surface area contributed by atoms with Crippen molar-refractivity contribution in [2.45, 2.75) is 32.9 Å². The normalized spacial score (nSPS) is 10.8. The fraction of sp³-hybridized carbons (Fsp3) is 0.286. The summed E-state index contributed by atoms with van der Waals surface area (Å²) in [6, 6.07) is 19.3. The molecule has 1 radical (unpaired) electrons. The summed E-state index contributed by atoms with van der Waals surface area (Å²) in [5.41, 5.74) is 10.1. The predicted molar refractivity (Wildman–Crippen MR) is 100 cm³/mol. The van der Waals surface area contributed by atoms with Crippen LogP contribution in [0, 0.1) is 6.07 Å². The largest absolute Gasteiger partial charge is 0.493 e. The van der Waals surface area contributed by atoms with Crippen molar-refractivity contribution in [1.29, 1.82) is 0 Å². The fourth-order valence-corrected chi connectivity index (χ4v) is 2.92. The molecule has 0 bridgehead atoms. The van der Waals surface area contributed by atoms with Crippen molar-refractivity contribution >= 4 is 0 Å². The van der Waals surface area contributed by atoms with Crippen molar-refractivity contribution < 1.29 is 4.74 Å². The molecule has 4 nitrogen and oxygen atoms in total. The molecule has 2 aromatic carbocycles. The number of imidazole rings is 1. The smallest absolute Gasteiger partial charge is 0.127 e. The first kappa shape index (κ1) is 17.2. The molecule has 0 unspecified atom stereocenters. The molecule has 0 fully saturated rings. The molecule has 1 aromatic heterocycles. The van der Waals surface area contributed by atoms with Gasteiger partial charge in [0, 0.05) is 30.4 Å². The van der Waals surface area contributed by atoms with Crippen LogP contribution in [0.4, 0.5) is 0 Å². The highest BCUT2D eigenvalue weighted by Crippen LogP contribution is 2.22. The third kappa shape index (κ3) is 4.28. The van der Waals surface area contributed by atoms with Gasteiger partial charge < -0.3 is 15.0 Å². The van der Waals surface area contributed by atoms with Crippen LogP contribution in [0.1, 0.15) is 24.6 Å². The van der Waals surface area contributed by atoms with E-state index in [0.29, 0.717) is 13.2 Å². The van der Waals surface area contributed by atoms with Gasteiger partial charge in [-0.25, -0.2) is 4.98 Å². The summed E-state index contributed by atoms with van der Waals surface area (Å²) in [4.78, 5) is 4.62. The number of nitrogens with zero attached hydrogens (tertiary/aromatic N) is 2. The number of aryl methyl sites for hydroxylation is 1. The molecule has 0 saturated carbocycles. The quantitative estimate of drug-likeness (QED) is 0.637. The van der Waals surface area contributed by atoms with E-state index in [2.05, 4.69) is 34.7 Å². The molecule has 3 rings (SSSR count). The number of aromatic nitrogens is 2. The zero-order chi connectivity index (χ0) is 17.5. The van der Waals surface area contributed by atoms with Crippen LogP contribution >= 0.6 is 0 Å². The van der Waals surface area contributed by atoms with Crippen LogP contribution in [-0.4, -0.2) is 16.2 Å². The molecule has 0 saturated heterocycles. The van der Waals surface area contributed by atoms with Gasteiger partial charge in [-0.2, -0.15) is 0 Å².